The average molecular weight is 275 g/mol. The lowest BCUT2D eigenvalue weighted by Gasteiger charge is -2.03. The highest BCUT2D eigenvalue weighted by Crippen LogP contribution is 2.18. The van der Waals surface area contributed by atoms with Crippen LogP contribution in [0.5, 0.6) is 0 Å². The Kier molecular flexibility index (Phi) is 3.52. The summed E-state index contributed by atoms with van der Waals surface area (Å²) < 4.78 is 0.857. The standard InChI is InChI=1S/C14H11BrO/c15-13-9-5-4-8-12(13)14(16)10-11-6-2-1-3-7-11/h1-9H,10H2. The fraction of sp³-hybridized carbons (Fsp3) is 0.0714. The Morgan fingerprint density at radius 2 is 1.56 bits per heavy atom. The van der Waals surface area contributed by atoms with Crippen LogP contribution in [0.2, 0.25) is 0 Å². The van der Waals surface area contributed by atoms with Crippen LogP contribution in [-0.2, 0) is 6.42 Å². The van der Waals surface area contributed by atoms with Crippen molar-refractivity contribution in [3.8, 4) is 0 Å². The molecule has 0 bridgehead atoms. The fourth-order valence-electron chi connectivity index (χ4n) is 1.56. The highest BCUT2D eigenvalue weighted by molar-refractivity contribution is 9.10. The first kappa shape index (κ1) is 11.1. The van der Waals surface area contributed by atoms with Gasteiger partial charge < -0.3 is 0 Å². The van der Waals surface area contributed by atoms with E-state index in [1.165, 1.54) is 0 Å². The van der Waals surface area contributed by atoms with Gasteiger partial charge in [0.2, 0.25) is 0 Å². The van der Waals surface area contributed by atoms with E-state index in [4.69, 9.17) is 0 Å². The van der Waals surface area contributed by atoms with Gasteiger partial charge >= 0.3 is 0 Å². The number of carbonyl (C=O) groups excluding carboxylic acids is 1. The Morgan fingerprint density at radius 3 is 2.25 bits per heavy atom. The first-order chi connectivity index (χ1) is 7.77. The van der Waals surface area contributed by atoms with Crippen molar-refractivity contribution in [3.63, 3.8) is 0 Å². The minimum atomic E-state index is 0.138. The van der Waals surface area contributed by atoms with Gasteiger partial charge in [-0.1, -0.05) is 64.5 Å². The summed E-state index contributed by atoms with van der Waals surface area (Å²) in [5, 5.41) is 0. The minimum Gasteiger partial charge on any atom is -0.294 e. The molecular weight excluding hydrogens is 264 g/mol. The molecule has 0 saturated heterocycles. The third-order valence-corrected chi connectivity index (χ3v) is 3.07. The molecule has 0 heterocycles. The van der Waals surface area contributed by atoms with Crippen molar-refractivity contribution in [2.45, 2.75) is 6.42 Å². The van der Waals surface area contributed by atoms with Crippen LogP contribution >= 0.6 is 15.9 Å². The van der Waals surface area contributed by atoms with Crippen LogP contribution in [0.25, 0.3) is 0 Å². The van der Waals surface area contributed by atoms with Crippen LogP contribution in [0.15, 0.2) is 59.1 Å². The SMILES string of the molecule is O=C(Cc1ccccc1)c1ccccc1Br. The van der Waals surface area contributed by atoms with E-state index in [9.17, 15) is 4.79 Å². The molecule has 0 fully saturated rings. The summed E-state index contributed by atoms with van der Waals surface area (Å²) in [6, 6.07) is 17.3. The van der Waals surface area contributed by atoms with E-state index in [1.807, 2.05) is 54.6 Å². The van der Waals surface area contributed by atoms with E-state index in [1.54, 1.807) is 0 Å². The number of rotatable bonds is 3. The maximum absolute atomic E-state index is 12.0. The van der Waals surface area contributed by atoms with E-state index in [-0.39, 0.29) is 5.78 Å². The van der Waals surface area contributed by atoms with Crippen molar-refractivity contribution in [2.24, 2.45) is 0 Å². The van der Waals surface area contributed by atoms with Gasteiger partial charge in [-0.2, -0.15) is 0 Å². The predicted octanol–water partition coefficient (Wildman–Crippen LogP) is 3.87. The summed E-state index contributed by atoms with van der Waals surface area (Å²) in [4.78, 5) is 12.0. The second-order valence-corrected chi connectivity index (χ2v) is 4.42. The summed E-state index contributed by atoms with van der Waals surface area (Å²) in [6.45, 7) is 0. The van der Waals surface area contributed by atoms with Crippen molar-refractivity contribution < 1.29 is 4.79 Å². The third-order valence-electron chi connectivity index (χ3n) is 2.38. The smallest absolute Gasteiger partial charge is 0.168 e. The Balaban J connectivity index is 2.19. The summed E-state index contributed by atoms with van der Waals surface area (Å²) in [6.07, 6.45) is 0.448. The highest BCUT2D eigenvalue weighted by atomic mass is 79.9. The molecule has 1 nitrogen and oxygen atoms in total. The molecule has 0 saturated carbocycles. The lowest BCUT2D eigenvalue weighted by molar-refractivity contribution is 0.0992. The third kappa shape index (κ3) is 2.58. The molecule has 0 aliphatic rings. The van der Waals surface area contributed by atoms with Gasteiger partial charge in [0.1, 0.15) is 0 Å². The quantitative estimate of drug-likeness (QED) is 0.777. The molecule has 2 rings (SSSR count). The monoisotopic (exact) mass is 274 g/mol. The van der Waals surface area contributed by atoms with Gasteiger partial charge in [-0.15, -0.1) is 0 Å². The zero-order valence-corrected chi connectivity index (χ0v) is 10.3. The van der Waals surface area contributed by atoms with Gasteiger partial charge in [0.25, 0.3) is 0 Å². The van der Waals surface area contributed by atoms with Crippen LogP contribution < -0.4 is 0 Å². The molecule has 0 spiro atoms. The van der Waals surface area contributed by atoms with E-state index < -0.39 is 0 Å². The van der Waals surface area contributed by atoms with Gasteiger partial charge in [-0.25, -0.2) is 0 Å². The molecule has 0 N–H and O–H groups in total. The van der Waals surface area contributed by atoms with E-state index in [0.29, 0.717) is 6.42 Å². The summed E-state index contributed by atoms with van der Waals surface area (Å²) in [7, 11) is 0. The molecule has 0 radical (unpaired) electrons. The van der Waals surface area contributed by atoms with Crippen molar-refractivity contribution in [1.82, 2.24) is 0 Å². The molecule has 0 unspecified atom stereocenters. The first-order valence-corrected chi connectivity index (χ1v) is 5.88. The molecule has 16 heavy (non-hydrogen) atoms. The largest absolute Gasteiger partial charge is 0.294 e. The number of benzene rings is 2. The van der Waals surface area contributed by atoms with Gasteiger partial charge in [0.05, 0.1) is 0 Å². The normalized spacial score (nSPS) is 10.1. The molecule has 2 heteroatoms. The lowest BCUT2D eigenvalue weighted by Crippen LogP contribution is -2.04. The van der Waals surface area contributed by atoms with Crippen LogP contribution in [0.3, 0.4) is 0 Å². The first-order valence-electron chi connectivity index (χ1n) is 5.09. The topological polar surface area (TPSA) is 17.1 Å². The summed E-state index contributed by atoms with van der Waals surface area (Å²) in [5.41, 5.74) is 1.79. The Hall–Kier alpha value is -1.41. The fourth-order valence-corrected chi connectivity index (χ4v) is 2.07. The second-order valence-electron chi connectivity index (χ2n) is 3.57. The second kappa shape index (κ2) is 5.08. The molecule has 2 aromatic carbocycles. The zero-order chi connectivity index (χ0) is 11.4. The van der Waals surface area contributed by atoms with Crippen LogP contribution in [0.1, 0.15) is 15.9 Å². The summed E-state index contributed by atoms with van der Waals surface area (Å²) in [5.74, 6) is 0.138. The van der Waals surface area contributed by atoms with E-state index in [0.717, 1.165) is 15.6 Å². The Morgan fingerprint density at radius 1 is 0.938 bits per heavy atom. The number of hydrogen-bond donors (Lipinski definition) is 0. The molecular formula is C14H11BrO. The number of carbonyl (C=O) groups is 1. The number of halogens is 1. The van der Waals surface area contributed by atoms with E-state index >= 15 is 0 Å². The van der Waals surface area contributed by atoms with Crippen LogP contribution in [0.4, 0.5) is 0 Å². The van der Waals surface area contributed by atoms with Gasteiger partial charge in [-0.3, -0.25) is 4.79 Å². The van der Waals surface area contributed by atoms with Crippen molar-refractivity contribution in [2.75, 3.05) is 0 Å². The van der Waals surface area contributed by atoms with Crippen molar-refractivity contribution in [1.29, 1.82) is 0 Å². The van der Waals surface area contributed by atoms with Gasteiger partial charge in [0.15, 0.2) is 5.78 Å². The molecule has 0 atom stereocenters. The number of hydrogen-bond acceptors (Lipinski definition) is 1. The van der Waals surface area contributed by atoms with E-state index in [2.05, 4.69) is 15.9 Å². The van der Waals surface area contributed by atoms with Crippen LogP contribution in [0, 0.1) is 0 Å². The predicted molar refractivity (Wildman–Crippen MR) is 68.6 cm³/mol. The zero-order valence-electron chi connectivity index (χ0n) is 8.69. The number of ketones is 1. The molecule has 0 aliphatic carbocycles. The molecule has 0 aliphatic heterocycles. The molecule has 0 aromatic heterocycles. The van der Waals surface area contributed by atoms with Crippen LogP contribution in [-0.4, -0.2) is 5.78 Å². The maximum atomic E-state index is 12.0. The lowest BCUT2D eigenvalue weighted by atomic mass is 10.0. The van der Waals surface area contributed by atoms with Crippen molar-refractivity contribution in [3.05, 3.63) is 70.2 Å². The van der Waals surface area contributed by atoms with Crippen molar-refractivity contribution >= 4 is 21.7 Å². The Labute approximate surface area is 103 Å². The molecule has 80 valence electrons. The average Bonchev–Trinajstić information content (AvgIpc) is 2.31. The number of Topliss-reactive ketones (excluding diaryl/α,β-unsaturated/α-hetero) is 1. The molecule has 2 aromatic rings. The minimum absolute atomic E-state index is 0.138. The highest BCUT2D eigenvalue weighted by Gasteiger charge is 2.09. The molecule has 0 amide bonds. The maximum Gasteiger partial charge on any atom is 0.168 e. The van der Waals surface area contributed by atoms with Gasteiger partial charge in [0, 0.05) is 16.5 Å². The summed E-state index contributed by atoms with van der Waals surface area (Å²) >= 11 is 3.39. The van der Waals surface area contributed by atoms with Gasteiger partial charge in [-0.05, 0) is 11.6 Å². The Bertz CT molecular complexity index is 491.